The first-order valence-corrected chi connectivity index (χ1v) is 10.7. The number of nitrogens with one attached hydrogen (secondary N) is 3. The van der Waals surface area contributed by atoms with E-state index in [-0.39, 0.29) is 22.6 Å². The van der Waals surface area contributed by atoms with Gasteiger partial charge in [0.15, 0.2) is 17.5 Å². The van der Waals surface area contributed by atoms with Crippen molar-refractivity contribution in [2.24, 2.45) is 4.99 Å². The van der Waals surface area contributed by atoms with E-state index < -0.39 is 15.8 Å². The fraction of sp³-hybridized carbons (Fsp3) is 0.353. The van der Waals surface area contributed by atoms with E-state index in [1.165, 1.54) is 6.07 Å². The molecule has 1 aromatic carbocycles. The van der Waals surface area contributed by atoms with E-state index in [0.29, 0.717) is 19.0 Å². The Labute approximate surface area is 162 Å². The predicted octanol–water partition coefficient (Wildman–Crippen LogP) is 1.80. The number of hydrogen-bond donors (Lipinski definition) is 3. The summed E-state index contributed by atoms with van der Waals surface area (Å²) in [6.45, 7) is 2.77. The van der Waals surface area contributed by atoms with Crippen LogP contribution in [0.5, 0.6) is 5.75 Å². The van der Waals surface area contributed by atoms with E-state index >= 15 is 0 Å². The number of aliphatic imine (C=N–C) groups is 1. The lowest BCUT2D eigenvalue weighted by Gasteiger charge is -2.18. The Bertz CT molecular complexity index is 842. The van der Waals surface area contributed by atoms with E-state index in [9.17, 15) is 12.8 Å². The zero-order chi connectivity index (χ0) is 19.7. The molecule has 0 aliphatic carbocycles. The fourth-order valence-electron chi connectivity index (χ4n) is 2.11. The molecule has 27 heavy (non-hydrogen) atoms. The molecule has 0 saturated heterocycles. The highest BCUT2D eigenvalue weighted by Gasteiger charge is 2.14. The Balaban J connectivity index is 1.70. The molecular weight excluding hydrogens is 391 g/mol. The Morgan fingerprint density at radius 3 is 2.67 bits per heavy atom. The molecule has 0 aliphatic rings. The van der Waals surface area contributed by atoms with Crippen molar-refractivity contribution in [2.75, 3.05) is 26.7 Å². The lowest BCUT2D eigenvalue weighted by molar-refractivity contribution is 0.214. The van der Waals surface area contributed by atoms with Crippen LogP contribution in [0.4, 0.5) is 4.39 Å². The molecule has 0 bridgehead atoms. The van der Waals surface area contributed by atoms with Crippen LogP contribution in [0.2, 0.25) is 0 Å². The van der Waals surface area contributed by atoms with E-state index in [1.807, 2.05) is 6.92 Å². The van der Waals surface area contributed by atoms with Gasteiger partial charge in [0.05, 0.1) is 6.54 Å². The van der Waals surface area contributed by atoms with Crippen molar-refractivity contribution in [2.45, 2.75) is 17.2 Å². The number of para-hydroxylation sites is 1. The Morgan fingerprint density at radius 1 is 1.22 bits per heavy atom. The SMILES string of the molecule is CN=C(NCCNS(=O)(=O)c1cccs1)NCC(C)Oc1ccccc1F. The summed E-state index contributed by atoms with van der Waals surface area (Å²) < 4.78 is 45.9. The van der Waals surface area contributed by atoms with Crippen molar-refractivity contribution in [1.29, 1.82) is 0 Å². The van der Waals surface area contributed by atoms with E-state index in [1.54, 1.807) is 42.8 Å². The summed E-state index contributed by atoms with van der Waals surface area (Å²) in [4.78, 5) is 4.06. The second-order valence-corrected chi connectivity index (χ2v) is 8.51. The average molecular weight is 415 g/mol. The number of guanidine groups is 1. The fourth-order valence-corrected chi connectivity index (χ4v) is 4.18. The molecule has 1 aromatic heterocycles. The lowest BCUT2D eigenvalue weighted by Crippen LogP contribution is -2.44. The molecule has 2 rings (SSSR count). The highest BCUT2D eigenvalue weighted by molar-refractivity contribution is 7.91. The summed E-state index contributed by atoms with van der Waals surface area (Å²) in [5, 5.41) is 7.77. The Morgan fingerprint density at radius 2 is 2.00 bits per heavy atom. The summed E-state index contributed by atoms with van der Waals surface area (Å²) in [5.41, 5.74) is 0. The highest BCUT2D eigenvalue weighted by Crippen LogP contribution is 2.16. The molecule has 7 nitrogen and oxygen atoms in total. The van der Waals surface area contributed by atoms with Crippen LogP contribution in [0.15, 0.2) is 51.0 Å². The van der Waals surface area contributed by atoms with Crippen LogP contribution in [-0.4, -0.2) is 47.2 Å². The quantitative estimate of drug-likeness (QED) is 0.331. The molecule has 3 N–H and O–H groups in total. The van der Waals surface area contributed by atoms with Crippen LogP contribution >= 0.6 is 11.3 Å². The average Bonchev–Trinajstić information content (AvgIpc) is 3.19. The van der Waals surface area contributed by atoms with Gasteiger partial charge >= 0.3 is 0 Å². The number of ether oxygens (including phenoxy) is 1. The number of nitrogens with zero attached hydrogens (tertiary/aromatic N) is 1. The number of halogens is 1. The largest absolute Gasteiger partial charge is 0.486 e. The molecule has 0 radical (unpaired) electrons. The molecule has 0 aliphatic heterocycles. The van der Waals surface area contributed by atoms with E-state index in [0.717, 1.165) is 11.3 Å². The minimum atomic E-state index is -3.47. The summed E-state index contributed by atoms with van der Waals surface area (Å²) in [5.74, 6) is 0.275. The minimum absolute atomic E-state index is 0.192. The number of hydrogen-bond acceptors (Lipinski definition) is 5. The first kappa shape index (κ1) is 21.1. The molecular formula is C17H23FN4O3S2. The van der Waals surface area contributed by atoms with Crippen molar-refractivity contribution in [3.8, 4) is 5.75 Å². The van der Waals surface area contributed by atoms with Crippen LogP contribution in [-0.2, 0) is 10.0 Å². The highest BCUT2D eigenvalue weighted by atomic mass is 32.2. The third-order valence-electron chi connectivity index (χ3n) is 3.41. The zero-order valence-electron chi connectivity index (χ0n) is 15.1. The number of sulfonamides is 1. The molecule has 0 spiro atoms. The molecule has 1 atom stereocenters. The van der Waals surface area contributed by atoms with Crippen molar-refractivity contribution >= 4 is 27.3 Å². The Kier molecular flexibility index (Phi) is 8.01. The maximum Gasteiger partial charge on any atom is 0.250 e. The summed E-state index contributed by atoms with van der Waals surface area (Å²) in [7, 11) is -1.87. The third-order valence-corrected chi connectivity index (χ3v) is 6.27. The van der Waals surface area contributed by atoms with Gasteiger partial charge in [-0.3, -0.25) is 4.99 Å². The van der Waals surface area contributed by atoms with Crippen LogP contribution in [0.1, 0.15) is 6.92 Å². The maximum absolute atomic E-state index is 13.6. The van der Waals surface area contributed by atoms with Gasteiger partial charge in [-0.1, -0.05) is 18.2 Å². The second kappa shape index (κ2) is 10.2. The van der Waals surface area contributed by atoms with Crippen molar-refractivity contribution in [1.82, 2.24) is 15.4 Å². The topological polar surface area (TPSA) is 91.8 Å². The lowest BCUT2D eigenvalue weighted by atomic mass is 10.3. The maximum atomic E-state index is 13.6. The van der Waals surface area contributed by atoms with Crippen LogP contribution < -0.4 is 20.1 Å². The zero-order valence-corrected chi connectivity index (χ0v) is 16.7. The van der Waals surface area contributed by atoms with Gasteiger partial charge in [0.1, 0.15) is 10.3 Å². The van der Waals surface area contributed by atoms with Gasteiger partial charge in [0.25, 0.3) is 0 Å². The van der Waals surface area contributed by atoms with Crippen molar-refractivity contribution in [3.05, 3.63) is 47.6 Å². The molecule has 2 aromatic rings. The smallest absolute Gasteiger partial charge is 0.250 e. The van der Waals surface area contributed by atoms with Gasteiger partial charge in [-0.25, -0.2) is 17.5 Å². The predicted molar refractivity (Wildman–Crippen MR) is 105 cm³/mol. The first-order chi connectivity index (χ1) is 12.9. The van der Waals surface area contributed by atoms with Gasteiger partial charge in [-0.05, 0) is 30.5 Å². The molecule has 1 unspecified atom stereocenters. The molecule has 1 heterocycles. The first-order valence-electron chi connectivity index (χ1n) is 8.31. The summed E-state index contributed by atoms with van der Waals surface area (Å²) in [6, 6.07) is 9.46. The van der Waals surface area contributed by atoms with Crippen LogP contribution in [0, 0.1) is 5.82 Å². The second-order valence-electron chi connectivity index (χ2n) is 5.57. The van der Waals surface area contributed by atoms with Crippen LogP contribution in [0.3, 0.4) is 0 Å². The monoisotopic (exact) mass is 414 g/mol. The van der Waals surface area contributed by atoms with Crippen molar-refractivity contribution in [3.63, 3.8) is 0 Å². The van der Waals surface area contributed by atoms with Gasteiger partial charge in [0, 0.05) is 20.1 Å². The number of benzene rings is 1. The van der Waals surface area contributed by atoms with Gasteiger partial charge in [-0.2, -0.15) is 0 Å². The number of rotatable bonds is 9. The van der Waals surface area contributed by atoms with Gasteiger partial charge < -0.3 is 15.4 Å². The standard InChI is InChI=1S/C17H23FN4O3S2/c1-13(25-15-7-4-3-6-14(15)18)12-21-17(19-2)20-9-10-22-27(23,24)16-8-5-11-26-16/h3-8,11,13,22H,9-10,12H2,1-2H3,(H2,19,20,21). The van der Waals surface area contributed by atoms with Crippen LogP contribution in [0.25, 0.3) is 0 Å². The van der Waals surface area contributed by atoms with Crippen molar-refractivity contribution < 1.29 is 17.5 Å². The summed E-state index contributed by atoms with van der Waals surface area (Å²) in [6.07, 6.45) is -0.294. The molecule has 10 heteroatoms. The normalized spacial score (nSPS) is 13.2. The van der Waals surface area contributed by atoms with E-state index in [2.05, 4.69) is 20.3 Å². The molecule has 0 amide bonds. The number of thiophene rings is 1. The molecule has 0 saturated carbocycles. The van der Waals surface area contributed by atoms with Gasteiger partial charge in [0.2, 0.25) is 10.0 Å². The third kappa shape index (κ3) is 6.81. The molecule has 148 valence electrons. The summed E-state index contributed by atoms with van der Waals surface area (Å²) >= 11 is 1.16. The minimum Gasteiger partial charge on any atom is -0.486 e. The molecule has 0 fully saturated rings. The van der Waals surface area contributed by atoms with Gasteiger partial charge in [-0.15, -0.1) is 11.3 Å². The van der Waals surface area contributed by atoms with E-state index in [4.69, 9.17) is 4.74 Å². The Hall–Kier alpha value is -2.17.